The molecule has 110 valence electrons. The van der Waals surface area contributed by atoms with Gasteiger partial charge in [0.05, 0.1) is 0 Å². The van der Waals surface area contributed by atoms with Crippen molar-refractivity contribution in [2.45, 2.75) is 25.9 Å². The number of amidine groups is 1. The van der Waals surface area contributed by atoms with Crippen LogP contribution < -0.4 is 11.1 Å². The molecule has 2 rings (SSSR count). The van der Waals surface area contributed by atoms with Crippen LogP contribution in [0, 0.1) is 5.92 Å². The second-order valence-electron chi connectivity index (χ2n) is 5.70. The van der Waals surface area contributed by atoms with Crippen LogP contribution in [0.5, 0.6) is 0 Å². The maximum absolute atomic E-state index is 8.63. The van der Waals surface area contributed by atoms with E-state index in [-0.39, 0.29) is 5.84 Å². The molecule has 0 bridgehead atoms. The minimum Gasteiger partial charge on any atom is -0.409 e. The van der Waals surface area contributed by atoms with Gasteiger partial charge in [-0.05, 0) is 31.5 Å². The zero-order valence-corrected chi connectivity index (χ0v) is 12.2. The maximum Gasteiger partial charge on any atom is 0.170 e. The summed E-state index contributed by atoms with van der Waals surface area (Å²) < 4.78 is 0. The summed E-state index contributed by atoms with van der Waals surface area (Å²) in [4.78, 5) is 2.38. The zero-order chi connectivity index (χ0) is 14.5. The molecule has 2 atom stereocenters. The molecule has 1 saturated heterocycles. The molecule has 0 aromatic heterocycles. The average Bonchev–Trinajstić information content (AvgIpc) is 2.46. The molecule has 1 fully saturated rings. The van der Waals surface area contributed by atoms with Gasteiger partial charge < -0.3 is 21.2 Å². The van der Waals surface area contributed by atoms with Crippen LogP contribution >= 0.6 is 0 Å². The molecule has 1 aliphatic rings. The molecular formula is C15H24N4O. The Morgan fingerprint density at radius 3 is 2.75 bits per heavy atom. The minimum atomic E-state index is 0.147. The largest absolute Gasteiger partial charge is 0.409 e. The first kappa shape index (κ1) is 14.8. The molecule has 1 aliphatic heterocycles. The number of hydrogen-bond acceptors (Lipinski definition) is 4. The number of likely N-dealkylation sites (tertiary alicyclic amines) is 1. The average molecular weight is 276 g/mol. The molecule has 1 aromatic rings. The van der Waals surface area contributed by atoms with Crippen molar-refractivity contribution >= 4 is 5.84 Å². The standard InChI is InChI=1S/C15H24N4O/c1-11-10-19(2)8-7-14(11)17-9-12-3-5-13(6-4-12)15(16)18-20/h3-6,11,14,17,20H,7-10H2,1-2H3,(H2,16,18). The van der Waals surface area contributed by atoms with Crippen molar-refractivity contribution in [1.29, 1.82) is 0 Å². The van der Waals surface area contributed by atoms with E-state index in [1.165, 1.54) is 12.0 Å². The Morgan fingerprint density at radius 2 is 2.15 bits per heavy atom. The molecule has 0 spiro atoms. The topological polar surface area (TPSA) is 73.9 Å². The number of nitrogens with one attached hydrogen (secondary N) is 1. The fraction of sp³-hybridized carbons (Fsp3) is 0.533. The van der Waals surface area contributed by atoms with Crippen molar-refractivity contribution in [3.8, 4) is 0 Å². The van der Waals surface area contributed by atoms with Crippen LogP contribution in [0.1, 0.15) is 24.5 Å². The van der Waals surface area contributed by atoms with Gasteiger partial charge in [-0.2, -0.15) is 0 Å². The SMILES string of the molecule is CC1CN(C)CCC1NCc1ccc(/C(N)=N/O)cc1. The predicted octanol–water partition coefficient (Wildman–Crippen LogP) is 1.21. The van der Waals surface area contributed by atoms with E-state index in [4.69, 9.17) is 10.9 Å². The van der Waals surface area contributed by atoms with E-state index >= 15 is 0 Å². The molecule has 1 aromatic carbocycles. The van der Waals surface area contributed by atoms with Crippen molar-refractivity contribution in [1.82, 2.24) is 10.2 Å². The van der Waals surface area contributed by atoms with Crippen LogP contribution in [0.4, 0.5) is 0 Å². The van der Waals surface area contributed by atoms with E-state index in [1.807, 2.05) is 24.3 Å². The molecule has 0 saturated carbocycles. The third kappa shape index (κ3) is 3.71. The molecule has 0 radical (unpaired) electrons. The Bertz CT molecular complexity index is 457. The summed E-state index contributed by atoms with van der Waals surface area (Å²) in [7, 11) is 2.18. The fourth-order valence-corrected chi connectivity index (χ4v) is 2.76. The van der Waals surface area contributed by atoms with Gasteiger partial charge in [-0.15, -0.1) is 0 Å². The van der Waals surface area contributed by atoms with Gasteiger partial charge >= 0.3 is 0 Å². The number of hydrogen-bond donors (Lipinski definition) is 3. The van der Waals surface area contributed by atoms with E-state index < -0.39 is 0 Å². The normalized spacial score (nSPS) is 24.8. The minimum absolute atomic E-state index is 0.147. The zero-order valence-electron chi connectivity index (χ0n) is 12.2. The van der Waals surface area contributed by atoms with E-state index in [1.54, 1.807) is 0 Å². The predicted molar refractivity (Wildman–Crippen MR) is 80.9 cm³/mol. The van der Waals surface area contributed by atoms with E-state index in [9.17, 15) is 0 Å². The van der Waals surface area contributed by atoms with Gasteiger partial charge in [-0.3, -0.25) is 0 Å². The lowest BCUT2D eigenvalue weighted by Gasteiger charge is -2.35. The molecule has 5 nitrogen and oxygen atoms in total. The van der Waals surface area contributed by atoms with Crippen molar-refractivity contribution in [2.75, 3.05) is 20.1 Å². The monoisotopic (exact) mass is 276 g/mol. The lowest BCUT2D eigenvalue weighted by Crippen LogP contribution is -2.46. The molecule has 0 aliphatic carbocycles. The van der Waals surface area contributed by atoms with Crippen LogP contribution in [-0.4, -0.2) is 42.1 Å². The Kier molecular flexibility index (Phi) is 4.98. The molecule has 5 heteroatoms. The van der Waals surface area contributed by atoms with Gasteiger partial charge in [0.15, 0.2) is 5.84 Å². The lowest BCUT2D eigenvalue weighted by molar-refractivity contribution is 0.174. The van der Waals surface area contributed by atoms with E-state index in [0.29, 0.717) is 12.0 Å². The molecule has 1 heterocycles. The number of benzene rings is 1. The third-order valence-corrected chi connectivity index (χ3v) is 4.03. The Labute approximate surface area is 120 Å². The van der Waals surface area contributed by atoms with Crippen LogP contribution in [0.25, 0.3) is 0 Å². The second kappa shape index (κ2) is 6.72. The second-order valence-corrected chi connectivity index (χ2v) is 5.70. The quantitative estimate of drug-likeness (QED) is 0.334. The summed E-state index contributed by atoms with van der Waals surface area (Å²) >= 11 is 0. The van der Waals surface area contributed by atoms with Crippen LogP contribution in [0.15, 0.2) is 29.4 Å². The highest BCUT2D eigenvalue weighted by Gasteiger charge is 2.23. The van der Waals surface area contributed by atoms with Gasteiger partial charge in [0.1, 0.15) is 0 Å². The molecule has 4 N–H and O–H groups in total. The van der Waals surface area contributed by atoms with Crippen molar-refractivity contribution in [3.05, 3.63) is 35.4 Å². The fourth-order valence-electron chi connectivity index (χ4n) is 2.76. The molecule has 0 amide bonds. The van der Waals surface area contributed by atoms with Crippen molar-refractivity contribution in [3.63, 3.8) is 0 Å². The van der Waals surface area contributed by atoms with Gasteiger partial charge in [0, 0.05) is 24.7 Å². The van der Waals surface area contributed by atoms with Crippen LogP contribution in [0.2, 0.25) is 0 Å². The number of nitrogens with two attached hydrogens (primary N) is 1. The van der Waals surface area contributed by atoms with Gasteiger partial charge in [0.2, 0.25) is 0 Å². The third-order valence-electron chi connectivity index (χ3n) is 4.03. The Morgan fingerprint density at radius 1 is 1.45 bits per heavy atom. The lowest BCUT2D eigenvalue weighted by atomic mass is 9.94. The first-order chi connectivity index (χ1) is 9.60. The number of piperidine rings is 1. The summed E-state index contributed by atoms with van der Waals surface area (Å²) in [6.07, 6.45) is 1.19. The summed E-state index contributed by atoms with van der Waals surface area (Å²) in [5.74, 6) is 0.818. The Hall–Kier alpha value is -1.59. The highest BCUT2D eigenvalue weighted by molar-refractivity contribution is 5.96. The first-order valence-corrected chi connectivity index (χ1v) is 7.09. The van der Waals surface area contributed by atoms with Gasteiger partial charge in [0.25, 0.3) is 0 Å². The number of nitrogens with zero attached hydrogens (tertiary/aromatic N) is 2. The summed E-state index contributed by atoms with van der Waals surface area (Å²) in [5.41, 5.74) is 7.50. The molecule has 20 heavy (non-hydrogen) atoms. The molecule has 2 unspecified atom stereocenters. The van der Waals surface area contributed by atoms with Crippen molar-refractivity contribution in [2.24, 2.45) is 16.8 Å². The summed E-state index contributed by atoms with van der Waals surface area (Å²) in [6.45, 7) is 5.47. The first-order valence-electron chi connectivity index (χ1n) is 7.09. The van der Waals surface area contributed by atoms with Crippen LogP contribution in [-0.2, 0) is 6.54 Å². The van der Waals surface area contributed by atoms with E-state index in [0.717, 1.165) is 25.2 Å². The summed E-state index contributed by atoms with van der Waals surface area (Å²) in [5, 5.41) is 15.3. The molecular weight excluding hydrogens is 252 g/mol. The van der Waals surface area contributed by atoms with Gasteiger partial charge in [-0.25, -0.2) is 0 Å². The summed E-state index contributed by atoms with van der Waals surface area (Å²) in [6, 6.07) is 8.36. The van der Waals surface area contributed by atoms with E-state index in [2.05, 4.69) is 29.3 Å². The number of oxime groups is 1. The number of rotatable bonds is 4. The van der Waals surface area contributed by atoms with Gasteiger partial charge in [-0.1, -0.05) is 36.3 Å². The Balaban J connectivity index is 1.88. The van der Waals surface area contributed by atoms with Crippen molar-refractivity contribution < 1.29 is 5.21 Å². The maximum atomic E-state index is 8.63. The van der Waals surface area contributed by atoms with Crippen LogP contribution in [0.3, 0.4) is 0 Å². The smallest absolute Gasteiger partial charge is 0.170 e. The highest BCUT2D eigenvalue weighted by Crippen LogP contribution is 2.16. The highest BCUT2D eigenvalue weighted by atomic mass is 16.4.